The molecule has 3 rings (SSSR count). The van der Waals surface area contributed by atoms with Crippen molar-refractivity contribution < 1.29 is 27.8 Å². The average molecular weight is 371 g/mol. The van der Waals surface area contributed by atoms with Gasteiger partial charge < -0.3 is 19.5 Å². The molecule has 0 saturated carbocycles. The van der Waals surface area contributed by atoms with Crippen LogP contribution < -0.4 is 9.64 Å². The molecule has 2 unspecified atom stereocenters. The highest BCUT2D eigenvalue weighted by Gasteiger charge is 2.44. The number of sulfone groups is 1. The van der Waals surface area contributed by atoms with Crippen LogP contribution in [0.1, 0.15) is 37.1 Å². The molecule has 0 radical (unpaired) electrons. The van der Waals surface area contributed by atoms with Gasteiger partial charge in [-0.2, -0.15) is 0 Å². The zero-order valence-corrected chi connectivity index (χ0v) is 15.3. The number of carbonyl (C=O) groups is 1. The second kappa shape index (κ2) is 5.80. The summed E-state index contributed by atoms with van der Waals surface area (Å²) < 4.78 is 34.4. The van der Waals surface area contributed by atoms with Crippen LogP contribution in [0.4, 0.5) is 5.82 Å². The Labute approximate surface area is 145 Å². The van der Waals surface area contributed by atoms with E-state index in [4.69, 9.17) is 9.47 Å². The van der Waals surface area contributed by atoms with Crippen LogP contribution in [0.3, 0.4) is 0 Å². The minimum absolute atomic E-state index is 0.0489. The number of rotatable bonds is 3. The summed E-state index contributed by atoms with van der Waals surface area (Å²) in [5.41, 5.74) is 0.0644. The van der Waals surface area contributed by atoms with Crippen molar-refractivity contribution >= 4 is 21.6 Å². The molecule has 0 bridgehead atoms. The second-order valence-corrected chi connectivity index (χ2v) is 9.46. The Morgan fingerprint density at radius 2 is 1.96 bits per heavy atom. The summed E-state index contributed by atoms with van der Waals surface area (Å²) in [6, 6.07) is -0.158. The highest BCUT2D eigenvalue weighted by atomic mass is 32.2. The number of fused-ring (bicyclic) bond motifs is 3. The molecule has 1 aromatic rings. The zero-order chi connectivity index (χ0) is 18.6. The summed E-state index contributed by atoms with van der Waals surface area (Å²) in [6.07, 6.45) is 1.09. The van der Waals surface area contributed by atoms with E-state index in [1.807, 2.05) is 11.8 Å². The molecular weight excluding hydrogens is 350 g/mol. The van der Waals surface area contributed by atoms with Crippen molar-refractivity contribution in [1.29, 1.82) is 0 Å². The molecule has 1 N–H and O–H groups in total. The number of nitrogens with zero attached hydrogens (tertiary/aromatic N) is 3. The van der Waals surface area contributed by atoms with Gasteiger partial charge >= 0.3 is 5.97 Å². The fourth-order valence-electron chi connectivity index (χ4n) is 3.01. The van der Waals surface area contributed by atoms with Gasteiger partial charge in [0.05, 0.1) is 25.3 Å². The average Bonchev–Trinajstić information content (AvgIpc) is 2.52. The van der Waals surface area contributed by atoms with Gasteiger partial charge in [-0.3, -0.25) is 0 Å². The fourth-order valence-corrected chi connectivity index (χ4v) is 3.50. The summed E-state index contributed by atoms with van der Waals surface area (Å²) in [5, 5.41) is 9.38. The number of ether oxygens (including phenoxy) is 2. The number of aromatic nitrogens is 2. The van der Waals surface area contributed by atoms with Crippen molar-refractivity contribution in [2.45, 2.75) is 37.6 Å². The molecule has 9 nitrogen and oxygen atoms in total. The summed E-state index contributed by atoms with van der Waals surface area (Å²) in [4.78, 5) is 21.6. The van der Waals surface area contributed by atoms with Crippen molar-refractivity contribution in [3.05, 3.63) is 11.5 Å². The van der Waals surface area contributed by atoms with E-state index in [1.165, 1.54) is 13.8 Å². The van der Waals surface area contributed by atoms with E-state index in [9.17, 15) is 18.3 Å². The monoisotopic (exact) mass is 371 g/mol. The third-order valence-electron chi connectivity index (χ3n) is 4.74. The molecule has 138 valence electrons. The Kier molecular flexibility index (Phi) is 4.15. The largest absolute Gasteiger partial charge is 0.486 e. The smallest absolute Gasteiger partial charge is 0.374 e. The van der Waals surface area contributed by atoms with Gasteiger partial charge in [-0.1, -0.05) is 0 Å². The van der Waals surface area contributed by atoms with Crippen LogP contribution in [-0.4, -0.2) is 67.6 Å². The number of hydrogen-bond donors (Lipinski definition) is 1. The molecule has 1 saturated heterocycles. The first-order valence-electron chi connectivity index (χ1n) is 7.88. The van der Waals surface area contributed by atoms with Crippen molar-refractivity contribution in [2.75, 3.05) is 31.0 Å². The Morgan fingerprint density at radius 1 is 1.28 bits per heavy atom. The standard InChI is InChI=1S/C15H21N3O6S/c1-8-5-23-6-9-7-24-10-11(15(2,3)25(4,21)22)16-12(14(19)20)17-13(10)18(8)9/h8-9H,5-7H2,1-4H3,(H,19,20). The maximum atomic E-state index is 12.3. The molecule has 10 heteroatoms. The van der Waals surface area contributed by atoms with Crippen molar-refractivity contribution in [3.63, 3.8) is 0 Å². The van der Waals surface area contributed by atoms with Crippen molar-refractivity contribution in [1.82, 2.24) is 9.97 Å². The molecule has 0 aliphatic carbocycles. The number of hydrogen-bond acceptors (Lipinski definition) is 8. The van der Waals surface area contributed by atoms with E-state index in [0.717, 1.165) is 6.26 Å². The van der Waals surface area contributed by atoms with Crippen LogP contribution in [0, 0.1) is 0 Å². The molecule has 3 heterocycles. The van der Waals surface area contributed by atoms with Crippen LogP contribution in [0.15, 0.2) is 0 Å². The van der Waals surface area contributed by atoms with E-state index in [0.29, 0.717) is 25.6 Å². The SMILES string of the molecule is CC1COCC2COc3c(nc(C(=O)O)nc3C(C)(C)S(C)(=O)=O)N12. The Hall–Kier alpha value is -1.94. The van der Waals surface area contributed by atoms with Gasteiger partial charge in [0.15, 0.2) is 21.4 Å². The van der Waals surface area contributed by atoms with Crippen LogP contribution >= 0.6 is 0 Å². The van der Waals surface area contributed by atoms with Crippen LogP contribution in [-0.2, 0) is 19.3 Å². The molecule has 2 atom stereocenters. The number of anilines is 1. The summed E-state index contributed by atoms with van der Waals surface area (Å²) in [7, 11) is -3.58. The Morgan fingerprint density at radius 3 is 2.56 bits per heavy atom. The third kappa shape index (κ3) is 2.82. The van der Waals surface area contributed by atoms with E-state index in [-0.39, 0.29) is 23.5 Å². The normalized spacial score (nSPS) is 23.4. The van der Waals surface area contributed by atoms with Crippen LogP contribution in [0.25, 0.3) is 0 Å². The minimum atomic E-state index is -3.58. The Balaban J connectivity index is 2.27. The molecule has 25 heavy (non-hydrogen) atoms. The van der Waals surface area contributed by atoms with Gasteiger partial charge in [0.25, 0.3) is 0 Å². The first kappa shape index (κ1) is 17.9. The molecule has 0 amide bonds. The summed E-state index contributed by atoms with van der Waals surface area (Å²) in [5.74, 6) is -1.23. The maximum Gasteiger partial charge on any atom is 0.374 e. The predicted octanol–water partition coefficient (Wildman–Crippen LogP) is 0.441. The van der Waals surface area contributed by atoms with E-state index in [2.05, 4.69) is 9.97 Å². The van der Waals surface area contributed by atoms with E-state index in [1.54, 1.807) is 0 Å². The topological polar surface area (TPSA) is 119 Å². The molecule has 2 aliphatic rings. The number of morpholine rings is 1. The first-order valence-corrected chi connectivity index (χ1v) is 9.77. The van der Waals surface area contributed by atoms with Gasteiger partial charge in [-0.15, -0.1) is 0 Å². The maximum absolute atomic E-state index is 12.3. The fraction of sp³-hybridized carbons (Fsp3) is 0.667. The third-order valence-corrected chi connectivity index (χ3v) is 6.79. The van der Waals surface area contributed by atoms with Gasteiger partial charge in [0.1, 0.15) is 17.0 Å². The lowest BCUT2D eigenvalue weighted by molar-refractivity contribution is 0.0479. The quantitative estimate of drug-likeness (QED) is 0.807. The molecule has 1 aromatic heterocycles. The molecule has 0 spiro atoms. The number of carboxylic acids is 1. The second-order valence-electron chi connectivity index (χ2n) is 6.89. The lowest BCUT2D eigenvalue weighted by Crippen LogP contribution is -2.56. The summed E-state index contributed by atoms with van der Waals surface area (Å²) in [6.45, 7) is 6.09. The van der Waals surface area contributed by atoms with Gasteiger partial charge in [0.2, 0.25) is 5.82 Å². The highest BCUT2D eigenvalue weighted by Crippen LogP contribution is 2.43. The van der Waals surface area contributed by atoms with Crippen molar-refractivity contribution in [2.24, 2.45) is 0 Å². The van der Waals surface area contributed by atoms with Crippen molar-refractivity contribution in [3.8, 4) is 5.75 Å². The molecular formula is C15H21N3O6S. The highest BCUT2D eigenvalue weighted by molar-refractivity contribution is 7.91. The minimum Gasteiger partial charge on any atom is -0.486 e. The molecule has 0 aromatic carbocycles. The Bertz CT molecular complexity index is 823. The molecule has 2 aliphatic heterocycles. The zero-order valence-electron chi connectivity index (χ0n) is 14.5. The lowest BCUT2D eigenvalue weighted by Gasteiger charge is -2.45. The van der Waals surface area contributed by atoms with E-state index >= 15 is 0 Å². The summed E-state index contributed by atoms with van der Waals surface area (Å²) >= 11 is 0. The predicted molar refractivity (Wildman–Crippen MR) is 88.9 cm³/mol. The lowest BCUT2D eigenvalue weighted by atomic mass is 10.0. The van der Waals surface area contributed by atoms with Crippen LogP contribution in [0.5, 0.6) is 5.75 Å². The van der Waals surface area contributed by atoms with Gasteiger partial charge in [-0.25, -0.2) is 23.2 Å². The first-order chi connectivity index (χ1) is 11.5. The van der Waals surface area contributed by atoms with Crippen LogP contribution in [0.2, 0.25) is 0 Å². The number of aromatic carboxylic acids is 1. The number of carboxylic acid groups (broad SMARTS) is 1. The van der Waals surface area contributed by atoms with E-state index < -0.39 is 26.4 Å². The molecule has 1 fully saturated rings. The van der Waals surface area contributed by atoms with Gasteiger partial charge in [-0.05, 0) is 20.8 Å². The van der Waals surface area contributed by atoms with Gasteiger partial charge in [0, 0.05) is 6.26 Å².